The van der Waals surface area contributed by atoms with Crippen LogP contribution in [-0.4, -0.2) is 35.0 Å². The smallest absolute Gasteiger partial charge is 0.326 e. The summed E-state index contributed by atoms with van der Waals surface area (Å²) in [5.41, 5.74) is 0. The fourth-order valence-corrected chi connectivity index (χ4v) is 1.47. The van der Waals surface area contributed by atoms with E-state index in [0.29, 0.717) is 12.8 Å². The summed E-state index contributed by atoms with van der Waals surface area (Å²) in [5, 5.41) is 13.6. The minimum absolute atomic E-state index is 0.155. The van der Waals surface area contributed by atoms with Gasteiger partial charge in [0.1, 0.15) is 12.1 Å². The predicted octanol–water partition coefficient (Wildman–Crippen LogP) is -0.589. The Bertz CT molecular complexity index is 327. The molecule has 6 nitrogen and oxygen atoms in total. The highest BCUT2D eigenvalue weighted by molar-refractivity contribution is 5.92. The maximum absolute atomic E-state index is 11.6. The molecule has 88 valence electrons. The first-order valence-electron chi connectivity index (χ1n) is 4.98. The zero-order chi connectivity index (χ0) is 12.1. The van der Waals surface area contributed by atoms with Crippen molar-refractivity contribution in [1.29, 1.82) is 0 Å². The van der Waals surface area contributed by atoms with Gasteiger partial charge in [0.05, 0.1) is 0 Å². The van der Waals surface area contributed by atoms with E-state index in [1.165, 1.54) is 6.08 Å². The van der Waals surface area contributed by atoms with Gasteiger partial charge in [-0.15, -0.1) is 6.58 Å². The fraction of sp³-hybridized carbons (Fsp3) is 0.500. The second kappa shape index (κ2) is 5.29. The average Bonchev–Trinajstić information content (AvgIpc) is 2.64. The number of hydrogen-bond donors (Lipinski definition) is 3. The fourth-order valence-electron chi connectivity index (χ4n) is 1.47. The Hall–Kier alpha value is -1.85. The summed E-state index contributed by atoms with van der Waals surface area (Å²) in [5.74, 6) is -1.76. The number of carbonyl (C=O) groups is 3. The second-order valence-electron chi connectivity index (χ2n) is 3.58. The van der Waals surface area contributed by atoms with E-state index in [1.54, 1.807) is 0 Å². The SMILES string of the molecule is C=CC[C@H](NC(=O)[C@@H]1CCC(=O)N1)C(=O)O. The Morgan fingerprint density at radius 2 is 2.38 bits per heavy atom. The van der Waals surface area contributed by atoms with Gasteiger partial charge in [-0.1, -0.05) is 6.08 Å². The van der Waals surface area contributed by atoms with Crippen molar-refractivity contribution < 1.29 is 19.5 Å². The largest absolute Gasteiger partial charge is 0.480 e. The highest BCUT2D eigenvalue weighted by Gasteiger charge is 2.29. The number of amides is 2. The lowest BCUT2D eigenvalue weighted by molar-refractivity contribution is -0.142. The van der Waals surface area contributed by atoms with E-state index >= 15 is 0 Å². The van der Waals surface area contributed by atoms with Gasteiger partial charge < -0.3 is 15.7 Å². The summed E-state index contributed by atoms with van der Waals surface area (Å²) < 4.78 is 0. The van der Waals surface area contributed by atoms with Crippen LogP contribution >= 0.6 is 0 Å². The summed E-state index contributed by atoms with van der Waals surface area (Å²) in [7, 11) is 0. The standard InChI is InChI=1S/C10H14N2O4/c1-2-3-7(10(15)16)12-9(14)6-4-5-8(13)11-6/h2,6-7H,1,3-5H2,(H,11,13)(H,12,14)(H,15,16)/t6-,7-/m0/s1. The molecule has 1 aliphatic rings. The van der Waals surface area contributed by atoms with Gasteiger partial charge in [0.15, 0.2) is 0 Å². The molecule has 0 bridgehead atoms. The van der Waals surface area contributed by atoms with E-state index in [2.05, 4.69) is 17.2 Å². The van der Waals surface area contributed by atoms with Gasteiger partial charge in [-0.3, -0.25) is 9.59 Å². The zero-order valence-electron chi connectivity index (χ0n) is 8.73. The van der Waals surface area contributed by atoms with Crippen molar-refractivity contribution in [2.75, 3.05) is 0 Å². The molecule has 1 fully saturated rings. The summed E-state index contributed by atoms with van der Waals surface area (Å²) >= 11 is 0. The maximum Gasteiger partial charge on any atom is 0.326 e. The molecule has 0 radical (unpaired) electrons. The molecule has 6 heteroatoms. The van der Waals surface area contributed by atoms with Crippen molar-refractivity contribution in [2.24, 2.45) is 0 Å². The highest BCUT2D eigenvalue weighted by Crippen LogP contribution is 2.07. The Balaban J connectivity index is 2.51. The third kappa shape index (κ3) is 3.08. The molecule has 0 aromatic heterocycles. The molecule has 1 aliphatic heterocycles. The first-order chi connectivity index (χ1) is 7.54. The Labute approximate surface area is 92.7 Å². The number of hydrogen-bond acceptors (Lipinski definition) is 3. The first kappa shape index (κ1) is 12.2. The van der Waals surface area contributed by atoms with Gasteiger partial charge in [-0.2, -0.15) is 0 Å². The highest BCUT2D eigenvalue weighted by atomic mass is 16.4. The molecule has 0 aromatic rings. The van der Waals surface area contributed by atoms with Crippen LogP contribution in [0.5, 0.6) is 0 Å². The van der Waals surface area contributed by atoms with Crippen molar-refractivity contribution >= 4 is 17.8 Å². The number of aliphatic carboxylic acids is 1. The van der Waals surface area contributed by atoms with Crippen LogP contribution in [0.25, 0.3) is 0 Å². The molecule has 0 saturated carbocycles. The van der Waals surface area contributed by atoms with E-state index in [9.17, 15) is 14.4 Å². The van der Waals surface area contributed by atoms with Crippen molar-refractivity contribution in [3.05, 3.63) is 12.7 Å². The normalized spacial score (nSPS) is 21.0. The summed E-state index contributed by atoms with van der Waals surface area (Å²) in [4.78, 5) is 33.2. The molecule has 1 saturated heterocycles. The summed E-state index contributed by atoms with van der Waals surface area (Å²) in [6.07, 6.45) is 2.29. The van der Waals surface area contributed by atoms with Crippen LogP contribution in [-0.2, 0) is 14.4 Å². The second-order valence-corrected chi connectivity index (χ2v) is 3.58. The molecule has 16 heavy (non-hydrogen) atoms. The van der Waals surface area contributed by atoms with E-state index in [4.69, 9.17) is 5.11 Å². The molecule has 3 N–H and O–H groups in total. The summed E-state index contributed by atoms with van der Waals surface area (Å²) in [6.45, 7) is 3.42. The van der Waals surface area contributed by atoms with Crippen LogP contribution in [0, 0.1) is 0 Å². The number of carbonyl (C=O) groups excluding carboxylic acids is 2. The minimum Gasteiger partial charge on any atom is -0.480 e. The summed E-state index contributed by atoms with van der Waals surface area (Å²) in [6, 6.07) is -1.60. The molecule has 2 amide bonds. The molecule has 0 aromatic carbocycles. The molecule has 0 unspecified atom stereocenters. The van der Waals surface area contributed by atoms with Crippen LogP contribution in [0.1, 0.15) is 19.3 Å². The van der Waals surface area contributed by atoms with E-state index in [0.717, 1.165) is 0 Å². The Morgan fingerprint density at radius 3 is 2.81 bits per heavy atom. The number of carboxylic acid groups (broad SMARTS) is 1. The van der Waals surface area contributed by atoms with Gasteiger partial charge in [-0.25, -0.2) is 4.79 Å². The van der Waals surface area contributed by atoms with E-state index < -0.39 is 24.0 Å². The lowest BCUT2D eigenvalue weighted by Gasteiger charge is -2.15. The maximum atomic E-state index is 11.6. The topological polar surface area (TPSA) is 95.5 Å². The molecule has 1 heterocycles. The van der Waals surface area contributed by atoms with Crippen LogP contribution in [0.3, 0.4) is 0 Å². The van der Waals surface area contributed by atoms with Crippen molar-refractivity contribution in [3.8, 4) is 0 Å². The first-order valence-corrected chi connectivity index (χ1v) is 4.98. The van der Waals surface area contributed by atoms with Gasteiger partial charge in [-0.05, 0) is 12.8 Å². The van der Waals surface area contributed by atoms with Crippen molar-refractivity contribution in [1.82, 2.24) is 10.6 Å². The number of carboxylic acids is 1. The Kier molecular flexibility index (Phi) is 4.04. The van der Waals surface area contributed by atoms with Gasteiger partial charge in [0.25, 0.3) is 0 Å². The molecule has 0 spiro atoms. The lowest BCUT2D eigenvalue weighted by Crippen LogP contribution is -2.48. The molecule has 1 rings (SSSR count). The van der Waals surface area contributed by atoms with E-state index in [1.807, 2.05) is 0 Å². The quantitative estimate of drug-likeness (QED) is 0.546. The predicted molar refractivity (Wildman–Crippen MR) is 55.5 cm³/mol. The molecule has 2 atom stereocenters. The molecular weight excluding hydrogens is 212 g/mol. The zero-order valence-corrected chi connectivity index (χ0v) is 8.73. The van der Waals surface area contributed by atoms with Crippen molar-refractivity contribution in [3.63, 3.8) is 0 Å². The molecule has 0 aliphatic carbocycles. The van der Waals surface area contributed by atoms with Gasteiger partial charge >= 0.3 is 5.97 Å². The third-order valence-corrected chi connectivity index (χ3v) is 2.33. The average molecular weight is 226 g/mol. The molecular formula is C10H14N2O4. The number of nitrogens with one attached hydrogen (secondary N) is 2. The Morgan fingerprint density at radius 1 is 1.69 bits per heavy atom. The monoisotopic (exact) mass is 226 g/mol. The lowest BCUT2D eigenvalue weighted by atomic mass is 10.1. The minimum atomic E-state index is -1.11. The van der Waals surface area contributed by atoms with Gasteiger partial charge in [0.2, 0.25) is 11.8 Å². The van der Waals surface area contributed by atoms with Crippen molar-refractivity contribution in [2.45, 2.75) is 31.3 Å². The van der Waals surface area contributed by atoms with Gasteiger partial charge in [0, 0.05) is 6.42 Å². The van der Waals surface area contributed by atoms with Crippen LogP contribution < -0.4 is 10.6 Å². The van der Waals surface area contributed by atoms with Crippen LogP contribution in [0.4, 0.5) is 0 Å². The van der Waals surface area contributed by atoms with Crippen LogP contribution in [0.15, 0.2) is 12.7 Å². The number of rotatable bonds is 5. The van der Waals surface area contributed by atoms with Crippen LogP contribution in [0.2, 0.25) is 0 Å². The third-order valence-electron chi connectivity index (χ3n) is 2.33. The van der Waals surface area contributed by atoms with E-state index in [-0.39, 0.29) is 12.3 Å².